The van der Waals surface area contributed by atoms with Gasteiger partial charge in [0.2, 0.25) is 5.95 Å². The number of anilines is 1. The van der Waals surface area contributed by atoms with Gasteiger partial charge in [0, 0.05) is 0 Å². The lowest BCUT2D eigenvalue weighted by Gasteiger charge is -2.38. The summed E-state index contributed by atoms with van der Waals surface area (Å²) in [5.41, 5.74) is 5.39. The van der Waals surface area contributed by atoms with Crippen LogP contribution in [0.5, 0.6) is 0 Å². The average molecular weight is 425 g/mol. The zero-order chi connectivity index (χ0) is 21.6. The monoisotopic (exact) mass is 425 g/mol. The highest BCUT2D eigenvalue weighted by Gasteiger charge is 2.47. The van der Waals surface area contributed by atoms with Gasteiger partial charge in [0.25, 0.3) is 5.56 Å². The van der Waals surface area contributed by atoms with Gasteiger partial charge >= 0.3 is 5.97 Å². The van der Waals surface area contributed by atoms with Crippen LogP contribution in [-0.2, 0) is 19.0 Å². The Morgan fingerprint density at radius 1 is 1.23 bits per heavy atom. The van der Waals surface area contributed by atoms with Crippen molar-refractivity contribution in [3.63, 3.8) is 0 Å². The first-order chi connectivity index (χ1) is 14.3. The number of nitrogens with zero attached hydrogens (tertiary/aromatic N) is 3. The quantitative estimate of drug-likeness (QED) is 0.265. The van der Waals surface area contributed by atoms with Crippen molar-refractivity contribution in [2.24, 2.45) is 0 Å². The number of aliphatic hydroxyl groups is 3. The largest absolute Gasteiger partial charge is 0.479 e. The predicted molar refractivity (Wildman–Crippen MR) is 95.9 cm³/mol. The molecule has 162 valence electrons. The van der Waals surface area contributed by atoms with E-state index in [1.54, 1.807) is 12.2 Å². The van der Waals surface area contributed by atoms with Crippen molar-refractivity contribution >= 4 is 23.1 Å². The van der Waals surface area contributed by atoms with Crippen LogP contribution in [0.4, 0.5) is 5.95 Å². The number of rotatable bonds is 5. The van der Waals surface area contributed by atoms with Gasteiger partial charge in [0.1, 0.15) is 24.4 Å². The van der Waals surface area contributed by atoms with Crippen molar-refractivity contribution in [2.45, 2.75) is 43.0 Å². The Hall–Kier alpha value is -2.88. The van der Waals surface area contributed by atoms with E-state index in [1.165, 1.54) is 10.9 Å². The second kappa shape index (κ2) is 7.75. The number of ether oxygens (including phenoxy) is 3. The highest BCUT2D eigenvalue weighted by atomic mass is 16.7. The second-order valence-corrected chi connectivity index (χ2v) is 6.79. The van der Waals surface area contributed by atoms with E-state index in [2.05, 4.69) is 15.0 Å². The van der Waals surface area contributed by atoms with Gasteiger partial charge in [0.05, 0.1) is 12.9 Å². The SMILES string of the molecule is Nc1nc2c(ncn2[C@H]2C=C[C@@H](CO[C@@H]3O[C@H](C(=O)O)[C@@H](O)[C@H](O)[C@H]3O)O2)c(=O)[nH]1. The Bertz CT molecular complexity index is 1040. The molecule has 14 heteroatoms. The summed E-state index contributed by atoms with van der Waals surface area (Å²) in [6.07, 6.45) is -5.10. The van der Waals surface area contributed by atoms with E-state index in [1.807, 2.05) is 0 Å². The van der Waals surface area contributed by atoms with Gasteiger partial charge in [-0.2, -0.15) is 4.98 Å². The third-order valence-electron chi connectivity index (χ3n) is 4.77. The van der Waals surface area contributed by atoms with Crippen LogP contribution in [0.1, 0.15) is 6.23 Å². The molecule has 7 atom stereocenters. The first-order valence-corrected chi connectivity index (χ1v) is 8.86. The van der Waals surface area contributed by atoms with E-state index in [-0.39, 0.29) is 23.7 Å². The summed E-state index contributed by atoms with van der Waals surface area (Å²) in [6.45, 7) is -0.160. The van der Waals surface area contributed by atoms with Crippen molar-refractivity contribution < 1.29 is 39.4 Å². The maximum Gasteiger partial charge on any atom is 0.335 e. The van der Waals surface area contributed by atoms with Gasteiger partial charge in [-0.15, -0.1) is 0 Å². The predicted octanol–water partition coefficient (Wildman–Crippen LogP) is -2.94. The fraction of sp³-hybridized carbons (Fsp3) is 0.500. The van der Waals surface area contributed by atoms with Gasteiger partial charge in [-0.1, -0.05) is 6.08 Å². The van der Waals surface area contributed by atoms with Crippen molar-refractivity contribution in [1.29, 1.82) is 0 Å². The lowest BCUT2D eigenvalue weighted by atomic mass is 9.99. The topological polar surface area (TPSA) is 215 Å². The average Bonchev–Trinajstić information content (AvgIpc) is 3.32. The fourth-order valence-corrected chi connectivity index (χ4v) is 3.25. The van der Waals surface area contributed by atoms with Crippen molar-refractivity contribution in [3.8, 4) is 0 Å². The van der Waals surface area contributed by atoms with E-state index in [0.717, 1.165) is 0 Å². The molecule has 30 heavy (non-hydrogen) atoms. The smallest absolute Gasteiger partial charge is 0.335 e. The molecule has 4 heterocycles. The van der Waals surface area contributed by atoms with E-state index < -0.39 is 54.6 Å². The second-order valence-electron chi connectivity index (χ2n) is 6.79. The van der Waals surface area contributed by atoms with E-state index in [0.29, 0.717) is 0 Å². The highest BCUT2D eigenvalue weighted by molar-refractivity contribution is 5.73. The lowest BCUT2D eigenvalue weighted by molar-refractivity contribution is -0.297. The normalized spacial score (nSPS) is 33.9. The Morgan fingerprint density at radius 2 is 2.00 bits per heavy atom. The number of H-pyrrole nitrogens is 1. The van der Waals surface area contributed by atoms with Crippen LogP contribution < -0.4 is 11.3 Å². The molecule has 14 nitrogen and oxygen atoms in total. The molecule has 1 saturated heterocycles. The number of aromatic nitrogens is 4. The summed E-state index contributed by atoms with van der Waals surface area (Å²) >= 11 is 0. The molecule has 7 N–H and O–H groups in total. The van der Waals surface area contributed by atoms with Crippen LogP contribution in [-0.4, -0.2) is 89.3 Å². The first kappa shape index (κ1) is 20.4. The number of carbonyl (C=O) groups is 1. The molecule has 0 unspecified atom stereocenters. The number of hydrogen-bond donors (Lipinski definition) is 6. The molecule has 0 amide bonds. The van der Waals surface area contributed by atoms with Gasteiger partial charge < -0.3 is 40.4 Å². The minimum atomic E-state index is -1.80. The Kier molecular flexibility index (Phi) is 5.27. The number of aliphatic carboxylic acids is 1. The minimum Gasteiger partial charge on any atom is -0.479 e. The maximum atomic E-state index is 11.9. The standard InChI is InChI=1S/C16H19N5O9/c17-16-19-12-7(13(25)20-16)18-4-21(12)6-2-1-5(29-6)3-28-15-10(24)8(22)9(23)11(30-15)14(26)27/h1-2,4-6,8-11,15,22-24H,3H2,(H,26,27)(H3,17,19,20,25)/t5-,6+,8-,9-,10+,11-,15+/m0/s1. The molecule has 1 fully saturated rings. The summed E-state index contributed by atoms with van der Waals surface area (Å²) < 4.78 is 17.7. The molecule has 0 aromatic carbocycles. The van der Waals surface area contributed by atoms with Crippen molar-refractivity contribution in [3.05, 3.63) is 28.8 Å². The van der Waals surface area contributed by atoms with Crippen LogP contribution in [0.15, 0.2) is 23.3 Å². The zero-order valence-electron chi connectivity index (χ0n) is 15.2. The van der Waals surface area contributed by atoms with Crippen LogP contribution in [0.25, 0.3) is 11.2 Å². The molecule has 0 bridgehead atoms. The van der Waals surface area contributed by atoms with E-state index >= 15 is 0 Å². The number of carboxylic acids is 1. The number of nitrogens with two attached hydrogens (primary N) is 1. The van der Waals surface area contributed by atoms with Gasteiger partial charge in [0.15, 0.2) is 29.8 Å². The third kappa shape index (κ3) is 3.55. The fourth-order valence-electron chi connectivity index (χ4n) is 3.25. The van der Waals surface area contributed by atoms with Crippen LogP contribution in [0.3, 0.4) is 0 Å². The van der Waals surface area contributed by atoms with Gasteiger partial charge in [-0.05, 0) is 6.08 Å². The van der Waals surface area contributed by atoms with Crippen LogP contribution in [0, 0.1) is 0 Å². The molecular formula is C16H19N5O9. The molecule has 0 aliphatic carbocycles. The number of hydrogen-bond acceptors (Lipinski definition) is 11. The number of carboxylic acid groups (broad SMARTS) is 1. The lowest BCUT2D eigenvalue weighted by Crippen LogP contribution is -2.60. The molecule has 4 rings (SSSR count). The van der Waals surface area contributed by atoms with Gasteiger partial charge in [-0.3, -0.25) is 14.3 Å². The third-order valence-corrected chi connectivity index (χ3v) is 4.77. The summed E-state index contributed by atoms with van der Waals surface area (Å²) in [4.78, 5) is 33.4. The first-order valence-electron chi connectivity index (χ1n) is 8.86. The number of imidazole rings is 1. The van der Waals surface area contributed by atoms with Crippen LogP contribution in [0.2, 0.25) is 0 Å². The van der Waals surface area contributed by atoms with E-state index in [9.17, 15) is 24.9 Å². The van der Waals surface area contributed by atoms with Gasteiger partial charge in [-0.25, -0.2) is 9.78 Å². The number of aliphatic hydroxyl groups excluding tert-OH is 3. The van der Waals surface area contributed by atoms with E-state index in [4.69, 9.17) is 25.1 Å². The Labute approximate surface area is 167 Å². The summed E-state index contributed by atoms with van der Waals surface area (Å²) in [7, 11) is 0. The van der Waals surface area contributed by atoms with Crippen molar-refractivity contribution in [2.75, 3.05) is 12.3 Å². The summed E-state index contributed by atoms with van der Waals surface area (Å²) in [6, 6.07) is 0. The number of nitrogen functional groups attached to an aromatic ring is 1. The van der Waals surface area contributed by atoms with Crippen molar-refractivity contribution in [1.82, 2.24) is 19.5 Å². The molecule has 2 aromatic rings. The minimum absolute atomic E-state index is 0.0757. The molecule has 2 aliphatic rings. The summed E-state index contributed by atoms with van der Waals surface area (Å²) in [5, 5.41) is 38.5. The molecule has 0 radical (unpaired) electrons. The highest BCUT2D eigenvalue weighted by Crippen LogP contribution is 2.26. The number of aromatic amines is 1. The summed E-state index contributed by atoms with van der Waals surface area (Å²) in [5.74, 6) is -1.58. The molecular weight excluding hydrogens is 406 g/mol. The molecule has 2 aliphatic heterocycles. The maximum absolute atomic E-state index is 11.9. The zero-order valence-corrected chi connectivity index (χ0v) is 15.2. The number of fused-ring (bicyclic) bond motifs is 1. The molecule has 0 saturated carbocycles. The molecule has 0 spiro atoms. The Morgan fingerprint density at radius 3 is 2.73 bits per heavy atom. The van der Waals surface area contributed by atoms with Crippen LogP contribution >= 0.6 is 0 Å². The molecule has 2 aromatic heterocycles. The Balaban J connectivity index is 1.41. The number of nitrogens with one attached hydrogen (secondary N) is 1.